The molecule has 4 aromatic rings. The molecule has 0 radical (unpaired) electrons. The van der Waals surface area contributed by atoms with Crippen molar-refractivity contribution in [2.75, 3.05) is 5.32 Å². The monoisotopic (exact) mass is 408 g/mol. The summed E-state index contributed by atoms with van der Waals surface area (Å²) in [5.41, 5.74) is 2.80. The summed E-state index contributed by atoms with van der Waals surface area (Å²) in [6.45, 7) is 4.16. The number of benzene rings is 2. The highest BCUT2D eigenvalue weighted by Gasteiger charge is 2.24. The van der Waals surface area contributed by atoms with Gasteiger partial charge < -0.3 is 9.73 Å². The van der Waals surface area contributed by atoms with Crippen LogP contribution in [0.4, 0.5) is 5.95 Å². The summed E-state index contributed by atoms with van der Waals surface area (Å²) in [5.74, 6) is 1.10. The Bertz CT molecular complexity index is 1210. The summed E-state index contributed by atoms with van der Waals surface area (Å²) in [7, 11) is -3.92. The maximum Gasteiger partial charge on any atom is 0.286 e. The maximum absolute atomic E-state index is 13.2. The lowest BCUT2D eigenvalue weighted by molar-refractivity contribution is 0.517. The van der Waals surface area contributed by atoms with Crippen molar-refractivity contribution in [3.63, 3.8) is 0 Å². The van der Waals surface area contributed by atoms with Gasteiger partial charge in [0.1, 0.15) is 5.76 Å². The topological polar surface area (TPSA) is 90.0 Å². The van der Waals surface area contributed by atoms with Crippen molar-refractivity contribution in [3.05, 3.63) is 83.8 Å². The zero-order chi connectivity index (χ0) is 20.4. The van der Waals surface area contributed by atoms with E-state index in [-0.39, 0.29) is 17.4 Å². The van der Waals surface area contributed by atoms with Gasteiger partial charge in [-0.3, -0.25) is 0 Å². The van der Waals surface area contributed by atoms with Gasteiger partial charge in [0, 0.05) is 5.56 Å². The van der Waals surface area contributed by atoms with Crippen molar-refractivity contribution in [2.24, 2.45) is 0 Å². The van der Waals surface area contributed by atoms with Gasteiger partial charge in [0.15, 0.2) is 5.82 Å². The van der Waals surface area contributed by atoms with Gasteiger partial charge in [0.2, 0.25) is 5.95 Å². The minimum atomic E-state index is -3.92. The zero-order valence-electron chi connectivity index (χ0n) is 16.0. The van der Waals surface area contributed by atoms with E-state index in [4.69, 9.17) is 4.42 Å². The van der Waals surface area contributed by atoms with Crippen molar-refractivity contribution in [1.82, 2.24) is 14.2 Å². The highest BCUT2D eigenvalue weighted by Crippen LogP contribution is 2.23. The van der Waals surface area contributed by atoms with E-state index in [9.17, 15) is 8.42 Å². The van der Waals surface area contributed by atoms with Crippen LogP contribution < -0.4 is 5.32 Å². The van der Waals surface area contributed by atoms with Crippen molar-refractivity contribution in [2.45, 2.75) is 25.3 Å². The van der Waals surface area contributed by atoms with Gasteiger partial charge in [-0.15, -0.1) is 9.19 Å². The number of nitrogens with one attached hydrogen (secondary N) is 1. The van der Waals surface area contributed by atoms with E-state index in [2.05, 4.69) is 15.4 Å². The van der Waals surface area contributed by atoms with Crippen LogP contribution >= 0.6 is 0 Å². The van der Waals surface area contributed by atoms with E-state index in [1.54, 1.807) is 42.7 Å². The summed E-state index contributed by atoms with van der Waals surface area (Å²) in [6, 6.07) is 17.8. The molecule has 148 valence electrons. The third-order valence-electron chi connectivity index (χ3n) is 4.44. The first-order chi connectivity index (χ1) is 13.9. The van der Waals surface area contributed by atoms with E-state index in [0.717, 1.165) is 20.8 Å². The van der Waals surface area contributed by atoms with Crippen LogP contribution in [-0.2, 0) is 16.6 Å². The molecule has 8 heteroatoms. The Balaban J connectivity index is 1.77. The molecule has 0 aliphatic carbocycles. The molecular formula is C21H20N4O3S. The summed E-state index contributed by atoms with van der Waals surface area (Å²) in [5, 5.41) is 7.33. The molecule has 0 aliphatic rings. The van der Waals surface area contributed by atoms with Crippen LogP contribution in [-0.4, -0.2) is 22.6 Å². The molecule has 1 N–H and O–H groups in total. The van der Waals surface area contributed by atoms with Crippen LogP contribution in [0.3, 0.4) is 0 Å². The molecule has 0 saturated carbocycles. The number of hydrogen-bond acceptors (Lipinski definition) is 6. The van der Waals surface area contributed by atoms with Gasteiger partial charge in [-0.25, -0.2) is 0 Å². The molecule has 2 aromatic heterocycles. The second-order valence-corrected chi connectivity index (χ2v) is 8.49. The van der Waals surface area contributed by atoms with Crippen LogP contribution in [0.5, 0.6) is 0 Å². The lowest BCUT2D eigenvalue weighted by Crippen LogP contribution is -2.18. The van der Waals surface area contributed by atoms with Crippen molar-refractivity contribution >= 4 is 16.0 Å². The number of aryl methyl sites for hydroxylation is 2. The molecule has 0 amide bonds. The third-order valence-corrected chi connectivity index (χ3v) is 6.01. The minimum Gasteiger partial charge on any atom is -0.467 e. The van der Waals surface area contributed by atoms with Crippen molar-refractivity contribution in [3.8, 4) is 11.4 Å². The highest BCUT2D eigenvalue weighted by molar-refractivity contribution is 7.90. The van der Waals surface area contributed by atoms with Crippen LogP contribution in [0, 0.1) is 13.8 Å². The normalized spacial score (nSPS) is 11.5. The SMILES string of the molecule is Cc1ccc(-c2nc(NCc3ccco3)n(S(=O)(=O)c3ccc(C)cc3)n2)cc1. The van der Waals surface area contributed by atoms with Crippen LogP contribution in [0.15, 0.2) is 76.2 Å². The van der Waals surface area contributed by atoms with Gasteiger partial charge in [-0.05, 0) is 38.1 Å². The molecule has 0 fully saturated rings. The Morgan fingerprint density at radius 1 is 0.966 bits per heavy atom. The summed E-state index contributed by atoms with van der Waals surface area (Å²) < 4.78 is 32.7. The molecule has 0 unspecified atom stereocenters. The molecule has 2 aromatic carbocycles. The molecule has 0 atom stereocenters. The predicted molar refractivity (Wildman–Crippen MR) is 110 cm³/mol. The van der Waals surface area contributed by atoms with E-state index < -0.39 is 10.0 Å². The molecule has 0 saturated heterocycles. The van der Waals surface area contributed by atoms with Gasteiger partial charge in [-0.2, -0.15) is 13.4 Å². The standard InChI is InChI=1S/C21H20N4O3S/c1-15-5-9-17(10-6-15)20-23-21(22-14-18-4-3-13-28-18)25(24-20)29(26,27)19-11-7-16(2)8-12-19/h3-13H,14H2,1-2H3,(H,22,23,24). The van der Waals surface area contributed by atoms with Gasteiger partial charge >= 0.3 is 0 Å². The largest absolute Gasteiger partial charge is 0.467 e. The maximum atomic E-state index is 13.2. The zero-order valence-corrected chi connectivity index (χ0v) is 16.8. The fourth-order valence-electron chi connectivity index (χ4n) is 2.79. The van der Waals surface area contributed by atoms with E-state index in [1.165, 1.54) is 0 Å². The molecule has 29 heavy (non-hydrogen) atoms. The Hall–Kier alpha value is -3.39. The Morgan fingerprint density at radius 3 is 2.24 bits per heavy atom. The smallest absolute Gasteiger partial charge is 0.286 e. The van der Waals surface area contributed by atoms with Gasteiger partial charge in [-0.1, -0.05) is 47.5 Å². The Morgan fingerprint density at radius 2 is 1.62 bits per heavy atom. The summed E-state index contributed by atoms with van der Waals surface area (Å²) in [6.07, 6.45) is 1.56. The molecule has 4 rings (SSSR count). The summed E-state index contributed by atoms with van der Waals surface area (Å²) in [4.78, 5) is 4.58. The summed E-state index contributed by atoms with van der Waals surface area (Å²) >= 11 is 0. The lowest BCUT2D eigenvalue weighted by Gasteiger charge is -2.08. The Kier molecular flexibility index (Phi) is 4.94. The minimum absolute atomic E-state index is 0.123. The first kappa shape index (κ1) is 18.9. The third kappa shape index (κ3) is 3.93. The molecule has 7 nitrogen and oxygen atoms in total. The molecule has 0 aliphatic heterocycles. The van der Waals surface area contributed by atoms with Crippen LogP contribution in [0.1, 0.15) is 16.9 Å². The second kappa shape index (κ2) is 7.56. The molecule has 0 bridgehead atoms. The first-order valence-electron chi connectivity index (χ1n) is 9.06. The van der Waals surface area contributed by atoms with Crippen molar-refractivity contribution < 1.29 is 12.8 Å². The van der Waals surface area contributed by atoms with Gasteiger partial charge in [0.25, 0.3) is 10.0 Å². The molecule has 0 spiro atoms. The van der Waals surface area contributed by atoms with E-state index >= 15 is 0 Å². The van der Waals surface area contributed by atoms with E-state index in [0.29, 0.717) is 11.6 Å². The second-order valence-electron chi connectivity index (χ2n) is 6.72. The number of aromatic nitrogens is 3. The average molecular weight is 408 g/mol. The predicted octanol–water partition coefficient (Wildman–Crippen LogP) is 4.00. The lowest BCUT2D eigenvalue weighted by atomic mass is 10.1. The fourth-order valence-corrected chi connectivity index (χ4v) is 3.99. The quantitative estimate of drug-likeness (QED) is 0.519. The van der Waals surface area contributed by atoms with Crippen molar-refractivity contribution in [1.29, 1.82) is 0 Å². The molecular weight excluding hydrogens is 388 g/mol. The van der Waals surface area contributed by atoms with Crippen LogP contribution in [0.2, 0.25) is 0 Å². The fraction of sp³-hybridized carbons (Fsp3) is 0.143. The number of nitrogens with zero attached hydrogens (tertiary/aromatic N) is 3. The first-order valence-corrected chi connectivity index (χ1v) is 10.5. The van der Waals surface area contributed by atoms with Gasteiger partial charge in [0.05, 0.1) is 17.7 Å². The average Bonchev–Trinajstić information content (AvgIpc) is 3.37. The number of hydrogen-bond donors (Lipinski definition) is 1. The number of rotatable bonds is 6. The number of anilines is 1. The highest BCUT2D eigenvalue weighted by atomic mass is 32.2. The molecule has 2 heterocycles. The van der Waals surface area contributed by atoms with Crippen LogP contribution in [0.25, 0.3) is 11.4 Å². The van der Waals surface area contributed by atoms with E-state index in [1.807, 2.05) is 38.1 Å². The Labute approximate surface area is 169 Å². The number of furan rings is 1.